The molecule has 0 rings (SSSR count). The normalized spacial score (nSPS) is 11.0. The highest BCUT2D eigenvalue weighted by molar-refractivity contribution is 4.51. The lowest BCUT2D eigenvalue weighted by Gasteiger charge is -2.15. The average Bonchev–Trinajstić information content (AvgIpc) is 2.09. The van der Waals surface area contributed by atoms with Crippen LogP contribution in [0.15, 0.2) is 0 Å². The van der Waals surface area contributed by atoms with Crippen molar-refractivity contribution in [1.82, 2.24) is 4.90 Å². The van der Waals surface area contributed by atoms with Gasteiger partial charge in [-0.25, -0.2) is 0 Å². The summed E-state index contributed by atoms with van der Waals surface area (Å²) in [6, 6.07) is 0. The van der Waals surface area contributed by atoms with Crippen molar-refractivity contribution >= 4 is 0 Å². The molecule has 0 radical (unpaired) electrons. The number of ether oxygens (including phenoxy) is 1. The van der Waals surface area contributed by atoms with Gasteiger partial charge < -0.3 is 15.4 Å². The molecule has 0 spiro atoms. The van der Waals surface area contributed by atoms with Crippen molar-refractivity contribution in [3.8, 4) is 0 Å². The Hall–Kier alpha value is -0.120. The molecule has 0 bridgehead atoms. The number of likely N-dealkylation sites (N-methyl/N-ethyl adjacent to an activating group) is 1. The van der Waals surface area contributed by atoms with Gasteiger partial charge in [0.1, 0.15) is 0 Å². The summed E-state index contributed by atoms with van der Waals surface area (Å²) in [5.74, 6) is 0. The van der Waals surface area contributed by atoms with Gasteiger partial charge in [-0.3, -0.25) is 0 Å². The van der Waals surface area contributed by atoms with Crippen LogP contribution in [-0.2, 0) is 4.74 Å². The Bertz CT molecular complexity index is 88.6. The number of nitrogens with two attached hydrogens (primary N) is 1. The van der Waals surface area contributed by atoms with Gasteiger partial charge in [0, 0.05) is 13.7 Å². The fourth-order valence-corrected chi connectivity index (χ4v) is 1.06. The fourth-order valence-electron chi connectivity index (χ4n) is 1.06. The van der Waals surface area contributed by atoms with Crippen molar-refractivity contribution in [3.05, 3.63) is 0 Å². The summed E-state index contributed by atoms with van der Waals surface area (Å²) in [6.07, 6.45) is 3.64. The van der Waals surface area contributed by atoms with E-state index in [-0.39, 0.29) is 0 Å². The van der Waals surface area contributed by atoms with Gasteiger partial charge >= 0.3 is 0 Å². The zero-order chi connectivity index (χ0) is 9.23. The zero-order valence-electron chi connectivity index (χ0n) is 8.38. The number of rotatable bonds is 8. The smallest absolute Gasteiger partial charge is 0.0589 e. The average molecular weight is 174 g/mol. The number of methoxy groups -OCH3 is 1. The van der Waals surface area contributed by atoms with Crippen LogP contribution in [0.3, 0.4) is 0 Å². The van der Waals surface area contributed by atoms with E-state index in [2.05, 4.69) is 11.9 Å². The summed E-state index contributed by atoms with van der Waals surface area (Å²) in [6.45, 7) is 3.83. The van der Waals surface area contributed by atoms with Crippen molar-refractivity contribution in [3.63, 3.8) is 0 Å². The predicted octanol–water partition coefficient (Wildman–Crippen LogP) is 0.694. The van der Waals surface area contributed by atoms with E-state index in [9.17, 15) is 0 Å². The number of nitrogens with zero attached hydrogens (tertiary/aromatic N) is 1. The molecule has 0 aromatic heterocycles. The Morgan fingerprint density at radius 1 is 1.17 bits per heavy atom. The second kappa shape index (κ2) is 8.97. The van der Waals surface area contributed by atoms with Crippen LogP contribution in [0, 0.1) is 0 Å². The monoisotopic (exact) mass is 174 g/mol. The Morgan fingerprint density at radius 2 is 1.92 bits per heavy atom. The molecule has 0 amide bonds. The minimum absolute atomic E-state index is 0.821. The van der Waals surface area contributed by atoms with Crippen LogP contribution in [0.25, 0.3) is 0 Å². The molecular weight excluding hydrogens is 152 g/mol. The summed E-state index contributed by atoms with van der Waals surface area (Å²) in [5, 5.41) is 0. The van der Waals surface area contributed by atoms with Gasteiger partial charge in [0.05, 0.1) is 6.61 Å². The van der Waals surface area contributed by atoms with Gasteiger partial charge in [0.25, 0.3) is 0 Å². The number of unbranched alkanes of at least 4 members (excludes halogenated alkanes) is 2. The quantitative estimate of drug-likeness (QED) is 0.550. The first-order valence-electron chi connectivity index (χ1n) is 4.68. The highest BCUT2D eigenvalue weighted by Gasteiger charge is 1.96. The maximum atomic E-state index is 5.39. The van der Waals surface area contributed by atoms with E-state index in [1.807, 2.05) is 0 Å². The molecule has 12 heavy (non-hydrogen) atoms. The molecule has 0 aliphatic heterocycles. The lowest BCUT2D eigenvalue weighted by atomic mass is 10.2. The van der Waals surface area contributed by atoms with Gasteiger partial charge in [-0.1, -0.05) is 6.42 Å². The van der Waals surface area contributed by atoms with Crippen molar-refractivity contribution in [2.75, 3.05) is 40.4 Å². The third kappa shape index (κ3) is 7.98. The van der Waals surface area contributed by atoms with Crippen LogP contribution in [0.1, 0.15) is 19.3 Å². The van der Waals surface area contributed by atoms with Crippen LogP contribution in [0.4, 0.5) is 0 Å². The summed E-state index contributed by atoms with van der Waals surface area (Å²) in [4.78, 5) is 2.29. The third-order valence-electron chi connectivity index (χ3n) is 1.92. The van der Waals surface area contributed by atoms with E-state index >= 15 is 0 Å². The van der Waals surface area contributed by atoms with E-state index in [1.54, 1.807) is 7.11 Å². The highest BCUT2D eigenvalue weighted by Crippen LogP contribution is 1.95. The van der Waals surface area contributed by atoms with E-state index in [4.69, 9.17) is 10.5 Å². The molecule has 3 heteroatoms. The van der Waals surface area contributed by atoms with Crippen LogP contribution in [-0.4, -0.2) is 45.3 Å². The van der Waals surface area contributed by atoms with E-state index in [0.717, 1.165) is 32.7 Å². The van der Waals surface area contributed by atoms with Gasteiger partial charge in [-0.2, -0.15) is 0 Å². The van der Waals surface area contributed by atoms with Crippen LogP contribution in [0.5, 0.6) is 0 Å². The van der Waals surface area contributed by atoms with Gasteiger partial charge in [-0.15, -0.1) is 0 Å². The minimum atomic E-state index is 0.821. The second-order valence-corrected chi connectivity index (χ2v) is 3.15. The zero-order valence-corrected chi connectivity index (χ0v) is 8.38. The number of hydrogen-bond donors (Lipinski definition) is 1. The van der Waals surface area contributed by atoms with Crippen molar-refractivity contribution in [1.29, 1.82) is 0 Å². The molecule has 0 aromatic carbocycles. The second-order valence-electron chi connectivity index (χ2n) is 3.15. The van der Waals surface area contributed by atoms with Crippen molar-refractivity contribution < 1.29 is 4.74 Å². The Morgan fingerprint density at radius 3 is 2.50 bits per heavy atom. The van der Waals surface area contributed by atoms with Crippen LogP contribution < -0.4 is 5.73 Å². The molecule has 3 nitrogen and oxygen atoms in total. The maximum absolute atomic E-state index is 5.39. The third-order valence-corrected chi connectivity index (χ3v) is 1.92. The topological polar surface area (TPSA) is 38.5 Å². The molecule has 0 aliphatic carbocycles. The lowest BCUT2D eigenvalue weighted by Crippen LogP contribution is -2.23. The molecule has 74 valence electrons. The van der Waals surface area contributed by atoms with Crippen molar-refractivity contribution in [2.45, 2.75) is 19.3 Å². The van der Waals surface area contributed by atoms with E-state index in [0.29, 0.717) is 0 Å². The number of hydrogen-bond acceptors (Lipinski definition) is 3. The van der Waals surface area contributed by atoms with Crippen LogP contribution >= 0.6 is 0 Å². The summed E-state index contributed by atoms with van der Waals surface area (Å²) in [7, 11) is 3.86. The molecule has 0 aliphatic rings. The molecule has 0 saturated heterocycles. The largest absolute Gasteiger partial charge is 0.383 e. The lowest BCUT2D eigenvalue weighted by molar-refractivity contribution is 0.160. The van der Waals surface area contributed by atoms with Gasteiger partial charge in [0.15, 0.2) is 0 Å². The summed E-state index contributed by atoms with van der Waals surface area (Å²) < 4.78 is 4.98. The molecule has 0 aromatic rings. The first-order valence-corrected chi connectivity index (χ1v) is 4.68. The molecule has 0 unspecified atom stereocenters. The fraction of sp³-hybridized carbons (Fsp3) is 1.00. The van der Waals surface area contributed by atoms with Crippen molar-refractivity contribution in [2.24, 2.45) is 5.73 Å². The standard InChI is InChI=1S/C9H22N2O/c1-11(8-9-12-2)7-5-3-4-6-10/h3-10H2,1-2H3. The first kappa shape index (κ1) is 11.9. The Balaban J connectivity index is 3.02. The van der Waals surface area contributed by atoms with Gasteiger partial charge in [0.2, 0.25) is 0 Å². The molecule has 0 fully saturated rings. The highest BCUT2D eigenvalue weighted by atomic mass is 16.5. The van der Waals surface area contributed by atoms with Crippen LogP contribution in [0.2, 0.25) is 0 Å². The predicted molar refractivity (Wildman–Crippen MR) is 52.3 cm³/mol. The summed E-state index contributed by atoms with van der Waals surface area (Å²) >= 11 is 0. The molecule has 0 atom stereocenters. The SMILES string of the molecule is COCCN(C)CCCCCN. The molecular formula is C9H22N2O. The van der Waals surface area contributed by atoms with E-state index < -0.39 is 0 Å². The minimum Gasteiger partial charge on any atom is -0.383 e. The maximum Gasteiger partial charge on any atom is 0.0589 e. The van der Waals surface area contributed by atoms with Gasteiger partial charge in [-0.05, 0) is 33.0 Å². The Labute approximate surface area is 75.9 Å². The van der Waals surface area contributed by atoms with E-state index in [1.165, 1.54) is 12.8 Å². The Kier molecular flexibility index (Phi) is 8.88. The molecule has 0 saturated carbocycles. The molecule has 0 heterocycles. The first-order chi connectivity index (χ1) is 5.81. The molecule has 2 N–H and O–H groups in total. The summed E-state index contributed by atoms with van der Waals surface area (Å²) in [5.41, 5.74) is 5.39.